The zero-order valence-electron chi connectivity index (χ0n) is 15.3. The maximum atomic E-state index is 13.1. The van der Waals surface area contributed by atoms with E-state index in [4.69, 9.17) is 5.73 Å². The number of benzene rings is 1. The molecule has 1 saturated heterocycles. The number of hydrogen-bond donors (Lipinski definition) is 3. The van der Waals surface area contributed by atoms with Crippen LogP contribution in [0.15, 0.2) is 29.1 Å². The van der Waals surface area contributed by atoms with Gasteiger partial charge in [-0.3, -0.25) is 19.1 Å². The first kappa shape index (κ1) is 18.6. The Hall–Kier alpha value is -2.78. The average molecular weight is 387 g/mol. The van der Waals surface area contributed by atoms with Gasteiger partial charge in [-0.05, 0) is 30.5 Å². The second kappa shape index (κ2) is 6.99. The number of fused-ring (bicyclic) bond motifs is 2. The average Bonchev–Trinajstić information content (AvgIpc) is 2.68. The fourth-order valence-corrected chi connectivity index (χ4v) is 4.12. The first-order chi connectivity index (χ1) is 13.4. The molecule has 0 radical (unpaired) electrons. The number of carbonyl (C=O) groups excluding carboxylic acids is 1. The molecule has 3 heterocycles. The van der Waals surface area contributed by atoms with Crippen molar-refractivity contribution in [2.45, 2.75) is 31.5 Å². The van der Waals surface area contributed by atoms with Crippen molar-refractivity contribution in [3.8, 4) is 5.75 Å². The summed E-state index contributed by atoms with van der Waals surface area (Å²) in [5, 5.41) is 13.4. The molecule has 148 valence electrons. The Bertz CT molecular complexity index is 965. The maximum absolute atomic E-state index is 13.1. The van der Waals surface area contributed by atoms with Gasteiger partial charge in [-0.2, -0.15) is 0 Å². The zero-order chi connectivity index (χ0) is 19.9. The van der Waals surface area contributed by atoms with Crippen LogP contribution in [0.1, 0.15) is 34.7 Å². The number of aromatic nitrogens is 2. The van der Waals surface area contributed by atoms with Crippen LogP contribution in [0.2, 0.25) is 0 Å². The molecule has 0 aliphatic carbocycles. The van der Waals surface area contributed by atoms with Crippen LogP contribution in [0.4, 0.5) is 4.39 Å². The lowest BCUT2D eigenvalue weighted by atomic mass is 9.84. The molecule has 4 rings (SSSR count). The lowest BCUT2D eigenvalue weighted by molar-refractivity contribution is 0.0971. The SMILES string of the molecule is NC(=O)c1nc2n(c(=O)c1O)CCNC21CCN(Cc2ccc(F)cc2)CC1. The van der Waals surface area contributed by atoms with Gasteiger partial charge in [0, 0.05) is 32.7 Å². The van der Waals surface area contributed by atoms with Gasteiger partial charge in [-0.15, -0.1) is 0 Å². The van der Waals surface area contributed by atoms with Crippen molar-refractivity contribution in [3.63, 3.8) is 0 Å². The Morgan fingerprint density at radius 3 is 2.57 bits per heavy atom. The van der Waals surface area contributed by atoms with E-state index in [0.717, 1.165) is 18.7 Å². The second-order valence-electron chi connectivity index (χ2n) is 7.37. The van der Waals surface area contributed by atoms with Gasteiger partial charge in [0.15, 0.2) is 5.69 Å². The van der Waals surface area contributed by atoms with Crippen molar-refractivity contribution in [1.29, 1.82) is 0 Å². The fourth-order valence-electron chi connectivity index (χ4n) is 4.12. The number of aromatic hydroxyl groups is 1. The third-order valence-electron chi connectivity index (χ3n) is 5.63. The van der Waals surface area contributed by atoms with E-state index in [9.17, 15) is 19.1 Å². The molecule has 2 aliphatic heterocycles. The third kappa shape index (κ3) is 3.16. The van der Waals surface area contributed by atoms with Crippen LogP contribution in [0.5, 0.6) is 5.75 Å². The third-order valence-corrected chi connectivity index (χ3v) is 5.63. The Morgan fingerprint density at radius 2 is 1.93 bits per heavy atom. The van der Waals surface area contributed by atoms with Gasteiger partial charge in [-0.25, -0.2) is 9.37 Å². The topological polar surface area (TPSA) is 113 Å². The normalized spacial score (nSPS) is 18.8. The number of amides is 1. The van der Waals surface area contributed by atoms with Gasteiger partial charge in [0.25, 0.3) is 11.5 Å². The Kier molecular flexibility index (Phi) is 4.64. The number of rotatable bonds is 3. The fraction of sp³-hybridized carbons (Fsp3) is 0.421. The van der Waals surface area contributed by atoms with Crippen molar-refractivity contribution in [2.75, 3.05) is 19.6 Å². The summed E-state index contributed by atoms with van der Waals surface area (Å²) in [7, 11) is 0. The van der Waals surface area contributed by atoms with E-state index >= 15 is 0 Å². The first-order valence-electron chi connectivity index (χ1n) is 9.25. The van der Waals surface area contributed by atoms with Gasteiger partial charge >= 0.3 is 0 Å². The summed E-state index contributed by atoms with van der Waals surface area (Å²) in [5.41, 5.74) is 4.76. The number of nitrogens with one attached hydrogen (secondary N) is 1. The number of primary amides is 1. The molecule has 2 aliphatic rings. The Labute approximate surface area is 160 Å². The maximum Gasteiger partial charge on any atom is 0.296 e. The minimum absolute atomic E-state index is 0.255. The van der Waals surface area contributed by atoms with E-state index in [1.54, 1.807) is 12.1 Å². The van der Waals surface area contributed by atoms with Gasteiger partial charge in [0.2, 0.25) is 5.75 Å². The molecule has 28 heavy (non-hydrogen) atoms. The number of nitrogens with zero attached hydrogens (tertiary/aromatic N) is 3. The highest BCUT2D eigenvalue weighted by Crippen LogP contribution is 2.34. The van der Waals surface area contributed by atoms with E-state index in [1.807, 2.05) is 0 Å². The van der Waals surface area contributed by atoms with Gasteiger partial charge in [-0.1, -0.05) is 12.1 Å². The summed E-state index contributed by atoms with van der Waals surface area (Å²) in [6.45, 7) is 3.13. The molecule has 1 aromatic carbocycles. The largest absolute Gasteiger partial charge is 0.501 e. The van der Waals surface area contributed by atoms with Crippen LogP contribution in [-0.2, 0) is 18.6 Å². The van der Waals surface area contributed by atoms with Crippen LogP contribution in [0.25, 0.3) is 0 Å². The first-order valence-corrected chi connectivity index (χ1v) is 9.25. The van der Waals surface area contributed by atoms with Gasteiger partial charge in [0.05, 0.1) is 5.54 Å². The predicted octanol–water partition coefficient (Wildman–Crippen LogP) is 0.281. The van der Waals surface area contributed by atoms with Gasteiger partial charge < -0.3 is 16.2 Å². The highest BCUT2D eigenvalue weighted by Gasteiger charge is 2.42. The Balaban J connectivity index is 1.59. The molecule has 0 saturated carbocycles. The zero-order valence-corrected chi connectivity index (χ0v) is 15.3. The molecular formula is C19H22FN5O3. The van der Waals surface area contributed by atoms with E-state index < -0.39 is 22.8 Å². The quantitative estimate of drug-likeness (QED) is 0.697. The van der Waals surface area contributed by atoms with Crippen molar-refractivity contribution in [1.82, 2.24) is 19.8 Å². The molecule has 8 nitrogen and oxygen atoms in total. The second-order valence-corrected chi connectivity index (χ2v) is 7.37. The summed E-state index contributed by atoms with van der Waals surface area (Å²) in [6.07, 6.45) is 1.37. The molecule has 1 amide bonds. The van der Waals surface area contributed by atoms with Crippen LogP contribution in [0, 0.1) is 5.82 Å². The summed E-state index contributed by atoms with van der Waals surface area (Å²) in [6, 6.07) is 6.45. The minimum atomic E-state index is -0.924. The van der Waals surface area contributed by atoms with Crippen molar-refractivity contribution >= 4 is 5.91 Å². The summed E-state index contributed by atoms with van der Waals surface area (Å²) >= 11 is 0. The van der Waals surface area contributed by atoms with Crippen molar-refractivity contribution in [2.24, 2.45) is 5.73 Å². The molecular weight excluding hydrogens is 365 g/mol. The number of piperidine rings is 1. The van der Waals surface area contributed by atoms with E-state index in [-0.39, 0.29) is 11.5 Å². The van der Waals surface area contributed by atoms with E-state index in [1.165, 1.54) is 16.7 Å². The van der Waals surface area contributed by atoms with Crippen molar-refractivity contribution in [3.05, 3.63) is 57.5 Å². The lowest BCUT2D eigenvalue weighted by Crippen LogP contribution is -2.58. The summed E-state index contributed by atoms with van der Waals surface area (Å²) in [5.74, 6) is -1.42. The molecule has 1 fully saturated rings. The molecule has 4 N–H and O–H groups in total. The Morgan fingerprint density at radius 1 is 1.25 bits per heavy atom. The molecule has 1 spiro atoms. The number of nitrogens with two attached hydrogens (primary N) is 1. The van der Waals surface area contributed by atoms with Gasteiger partial charge in [0.1, 0.15) is 11.6 Å². The monoisotopic (exact) mass is 387 g/mol. The van der Waals surface area contributed by atoms with Crippen LogP contribution < -0.4 is 16.6 Å². The standard InChI is InChI=1S/C19H22FN5O3/c20-13-3-1-12(2-4-13)11-24-8-5-19(6-9-24)18-23-14(16(21)27)15(26)17(28)25(18)10-7-22-19/h1-4,22,26H,5-11H2,(H2,21,27). The molecule has 2 aromatic rings. The minimum Gasteiger partial charge on any atom is -0.501 e. The predicted molar refractivity (Wildman–Crippen MR) is 99.3 cm³/mol. The van der Waals surface area contributed by atoms with Crippen LogP contribution >= 0.6 is 0 Å². The molecule has 1 aromatic heterocycles. The van der Waals surface area contributed by atoms with E-state index in [2.05, 4.69) is 15.2 Å². The number of hydrogen-bond acceptors (Lipinski definition) is 6. The van der Waals surface area contributed by atoms with E-state index in [0.29, 0.717) is 38.3 Å². The highest BCUT2D eigenvalue weighted by molar-refractivity contribution is 5.93. The molecule has 0 atom stereocenters. The van der Waals surface area contributed by atoms with Crippen LogP contribution in [0.3, 0.4) is 0 Å². The number of carbonyl (C=O) groups is 1. The van der Waals surface area contributed by atoms with Crippen LogP contribution in [-0.4, -0.2) is 45.1 Å². The smallest absolute Gasteiger partial charge is 0.296 e. The van der Waals surface area contributed by atoms with Crippen molar-refractivity contribution < 1.29 is 14.3 Å². The number of halogens is 1. The summed E-state index contributed by atoms with van der Waals surface area (Å²) in [4.78, 5) is 30.6. The molecule has 9 heteroatoms. The lowest BCUT2D eigenvalue weighted by Gasteiger charge is -2.45. The highest BCUT2D eigenvalue weighted by atomic mass is 19.1. The molecule has 0 bridgehead atoms. The number of likely N-dealkylation sites (tertiary alicyclic amines) is 1. The summed E-state index contributed by atoms with van der Waals surface area (Å²) < 4.78 is 14.5. The molecule has 0 unspecified atom stereocenters.